The summed E-state index contributed by atoms with van der Waals surface area (Å²) >= 11 is 0. The predicted molar refractivity (Wildman–Crippen MR) is 55.6 cm³/mol. The van der Waals surface area contributed by atoms with E-state index in [2.05, 4.69) is 11.3 Å². The Hall–Kier alpha value is -2.16. The molecule has 0 atom stereocenters. The summed E-state index contributed by atoms with van der Waals surface area (Å²) in [5, 5.41) is 0. The van der Waals surface area contributed by atoms with E-state index in [4.69, 9.17) is 0 Å². The summed E-state index contributed by atoms with van der Waals surface area (Å²) < 4.78 is 4.42. The van der Waals surface area contributed by atoms with Crippen molar-refractivity contribution in [3.8, 4) is 0 Å². The first kappa shape index (κ1) is 9.40. The highest BCUT2D eigenvalue weighted by molar-refractivity contribution is 6.28. The summed E-state index contributed by atoms with van der Waals surface area (Å²) in [7, 11) is 0. The molecule has 0 aliphatic carbocycles. The Labute approximate surface area is 86.7 Å². The molecule has 1 aliphatic heterocycles. The van der Waals surface area contributed by atoms with Crippen molar-refractivity contribution in [2.24, 2.45) is 0 Å². The van der Waals surface area contributed by atoms with E-state index in [0.29, 0.717) is 5.56 Å². The molecule has 1 aromatic rings. The highest BCUT2D eigenvalue weighted by atomic mass is 16.6. The molecule has 3 heteroatoms. The van der Waals surface area contributed by atoms with E-state index in [1.54, 1.807) is 18.2 Å². The molecule has 0 radical (unpaired) electrons. The van der Waals surface area contributed by atoms with Crippen molar-refractivity contribution in [3.63, 3.8) is 0 Å². The molecule has 0 unspecified atom stereocenters. The zero-order chi connectivity index (χ0) is 10.8. The molecule has 1 aliphatic rings. The number of esters is 2. The number of hydrogen-bond donors (Lipinski definition) is 0. The molecule has 0 spiro atoms. The van der Waals surface area contributed by atoms with Crippen LogP contribution >= 0.6 is 0 Å². The zero-order valence-corrected chi connectivity index (χ0v) is 7.90. The third kappa shape index (κ3) is 1.59. The molecule has 2 rings (SSSR count). The average molecular weight is 200 g/mol. The summed E-state index contributed by atoms with van der Waals surface area (Å²) in [6, 6.07) is 7.20. The molecule has 0 bridgehead atoms. The molecule has 1 heterocycles. The van der Waals surface area contributed by atoms with Gasteiger partial charge in [-0.1, -0.05) is 36.9 Å². The molecule has 1 aromatic carbocycles. The number of carbonyl (C=O) groups excluding carboxylic acids is 2. The van der Waals surface area contributed by atoms with Crippen LogP contribution in [0.5, 0.6) is 0 Å². The summed E-state index contributed by atoms with van der Waals surface area (Å²) in [6.45, 7) is 3.64. The van der Waals surface area contributed by atoms with Crippen molar-refractivity contribution in [3.05, 3.63) is 48.0 Å². The Morgan fingerprint density at radius 1 is 1.20 bits per heavy atom. The molecular formula is C12H8O3. The van der Waals surface area contributed by atoms with Crippen LogP contribution < -0.4 is 0 Å². The molecule has 0 saturated carbocycles. The fourth-order valence-electron chi connectivity index (χ4n) is 1.46. The Bertz CT molecular complexity index is 483. The van der Waals surface area contributed by atoms with E-state index in [9.17, 15) is 9.59 Å². The van der Waals surface area contributed by atoms with Gasteiger partial charge in [0.25, 0.3) is 0 Å². The van der Waals surface area contributed by atoms with Crippen molar-refractivity contribution in [2.45, 2.75) is 0 Å². The van der Waals surface area contributed by atoms with Crippen molar-refractivity contribution in [2.75, 3.05) is 0 Å². The monoisotopic (exact) mass is 200 g/mol. The fourth-order valence-corrected chi connectivity index (χ4v) is 1.46. The molecule has 74 valence electrons. The highest BCUT2D eigenvalue weighted by Gasteiger charge is 2.25. The predicted octanol–water partition coefficient (Wildman–Crippen LogP) is 1.80. The highest BCUT2D eigenvalue weighted by Crippen LogP contribution is 2.24. The summed E-state index contributed by atoms with van der Waals surface area (Å²) in [5.41, 5.74) is 1.76. The maximum Gasteiger partial charge on any atom is 0.346 e. The van der Waals surface area contributed by atoms with Crippen molar-refractivity contribution in [1.82, 2.24) is 0 Å². The van der Waals surface area contributed by atoms with Gasteiger partial charge in [0, 0.05) is 6.08 Å². The lowest BCUT2D eigenvalue weighted by molar-refractivity contribution is -0.149. The number of benzene rings is 1. The second kappa shape index (κ2) is 3.53. The van der Waals surface area contributed by atoms with E-state index in [1.807, 2.05) is 12.1 Å². The van der Waals surface area contributed by atoms with E-state index >= 15 is 0 Å². The van der Waals surface area contributed by atoms with Gasteiger partial charge in [-0.2, -0.15) is 0 Å². The largest absolute Gasteiger partial charge is 0.386 e. The van der Waals surface area contributed by atoms with Gasteiger partial charge >= 0.3 is 11.9 Å². The van der Waals surface area contributed by atoms with Gasteiger partial charge in [0.1, 0.15) is 0 Å². The first-order valence-corrected chi connectivity index (χ1v) is 4.42. The fraction of sp³-hybridized carbons (Fsp3) is 0. The van der Waals surface area contributed by atoms with E-state index < -0.39 is 11.9 Å². The summed E-state index contributed by atoms with van der Waals surface area (Å²) in [6.07, 6.45) is 2.83. The molecule has 0 fully saturated rings. The standard InChI is InChI=1S/C12H8O3/c1-2-8-5-3-4-6-9(8)10-7-11(13)15-12(10)14/h2-7H,1H2. The van der Waals surface area contributed by atoms with Crippen LogP contribution in [0.3, 0.4) is 0 Å². The molecular weight excluding hydrogens is 192 g/mol. The zero-order valence-electron chi connectivity index (χ0n) is 7.90. The number of hydrogen-bond acceptors (Lipinski definition) is 3. The van der Waals surface area contributed by atoms with Gasteiger partial charge in [-0.25, -0.2) is 9.59 Å². The molecule has 0 aromatic heterocycles. The van der Waals surface area contributed by atoms with Gasteiger partial charge in [0.2, 0.25) is 0 Å². The normalized spacial score (nSPS) is 14.8. The van der Waals surface area contributed by atoms with Crippen LogP contribution in [0.1, 0.15) is 11.1 Å². The van der Waals surface area contributed by atoms with Gasteiger partial charge in [0.15, 0.2) is 0 Å². The first-order chi connectivity index (χ1) is 7.22. The van der Waals surface area contributed by atoms with Gasteiger partial charge in [-0.3, -0.25) is 0 Å². The van der Waals surface area contributed by atoms with E-state index in [0.717, 1.165) is 5.56 Å². The van der Waals surface area contributed by atoms with Crippen molar-refractivity contribution < 1.29 is 14.3 Å². The number of rotatable bonds is 2. The SMILES string of the molecule is C=Cc1ccccc1C1=CC(=O)OC1=O. The third-order valence-corrected chi connectivity index (χ3v) is 2.15. The first-order valence-electron chi connectivity index (χ1n) is 4.42. The van der Waals surface area contributed by atoms with Crippen molar-refractivity contribution in [1.29, 1.82) is 0 Å². The Balaban J connectivity index is 2.54. The van der Waals surface area contributed by atoms with E-state index in [1.165, 1.54) is 6.08 Å². The topological polar surface area (TPSA) is 43.4 Å². The molecule has 15 heavy (non-hydrogen) atoms. The Kier molecular flexibility index (Phi) is 2.21. The lowest BCUT2D eigenvalue weighted by Gasteiger charge is -2.03. The van der Waals surface area contributed by atoms with Crippen LogP contribution in [0.4, 0.5) is 0 Å². The molecule has 0 N–H and O–H groups in total. The number of cyclic esters (lactones) is 2. The second-order valence-electron chi connectivity index (χ2n) is 3.06. The smallest absolute Gasteiger partial charge is 0.346 e. The van der Waals surface area contributed by atoms with E-state index in [-0.39, 0.29) is 5.57 Å². The molecule has 0 amide bonds. The Morgan fingerprint density at radius 3 is 2.53 bits per heavy atom. The van der Waals surface area contributed by atoms with Crippen LogP contribution in [0, 0.1) is 0 Å². The lowest BCUT2D eigenvalue weighted by atomic mass is 10.0. The molecule has 3 nitrogen and oxygen atoms in total. The van der Waals surface area contributed by atoms with Crippen molar-refractivity contribution >= 4 is 23.6 Å². The summed E-state index contributed by atoms with van der Waals surface area (Å²) in [4.78, 5) is 22.2. The second-order valence-corrected chi connectivity index (χ2v) is 3.06. The Morgan fingerprint density at radius 2 is 1.93 bits per heavy atom. The molecule has 0 saturated heterocycles. The van der Waals surface area contributed by atoms with Crippen LogP contribution in [0.25, 0.3) is 11.6 Å². The maximum atomic E-state index is 11.3. The quantitative estimate of drug-likeness (QED) is 0.540. The minimum Gasteiger partial charge on any atom is -0.386 e. The minimum atomic E-state index is -0.617. The van der Waals surface area contributed by atoms with Gasteiger partial charge in [-0.15, -0.1) is 0 Å². The third-order valence-electron chi connectivity index (χ3n) is 2.15. The van der Waals surface area contributed by atoms with Gasteiger partial charge < -0.3 is 4.74 Å². The van der Waals surface area contributed by atoms with Crippen LogP contribution in [-0.4, -0.2) is 11.9 Å². The van der Waals surface area contributed by atoms with Crippen LogP contribution in [0.2, 0.25) is 0 Å². The van der Waals surface area contributed by atoms with Crippen LogP contribution in [0.15, 0.2) is 36.9 Å². The number of ether oxygens (including phenoxy) is 1. The summed E-state index contributed by atoms with van der Waals surface area (Å²) in [5.74, 6) is -1.22. The lowest BCUT2D eigenvalue weighted by Crippen LogP contribution is -2.02. The van der Waals surface area contributed by atoms with Gasteiger partial charge in [0.05, 0.1) is 5.57 Å². The average Bonchev–Trinajstić information content (AvgIpc) is 2.57. The number of carbonyl (C=O) groups is 2. The van der Waals surface area contributed by atoms with Gasteiger partial charge in [-0.05, 0) is 11.1 Å². The minimum absolute atomic E-state index is 0.288. The van der Waals surface area contributed by atoms with Crippen LogP contribution in [-0.2, 0) is 14.3 Å². The maximum absolute atomic E-state index is 11.3.